The molecule has 0 bridgehead atoms. The molecule has 246 valence electrons. The molecule has 0 aliphatic rings. The van der Waals surface area contributed by atoms with Crippen LogP contribution in [0.3, 0.4) is 0 Å². The van der Waals surface area contributed by atoms with E-state index in [4.69, 9.17) is 22.3 Å². The van der Waals surface area contributed by atoms with E-state index in [0.717, 1.165) is 13.2 Å². The second kappa shape index (κ2) is 40.8. The van der Waals surface area contributed by atoms with Crippen LogP contribution in [0.25, 0.3) is 0 Å². The molecule has 0 aromatic carbocycles. The number of ether oxygens (including phenoxy) is 1. The average Bonchev–Trinajstić information content (AvgIpc) is 2.91. The second-order valence-electron chi connectivity index (χ2n) is 12.0. The predicted octanol–water partition coefficient (Wildman–Crippen LogP) is 9.21. The van der Waals surface area contributed by atoms with Crippen molar-refractivity contribution in [2.75, 3.05) is 13.2 Å². The van der Waals surface area contributed by atoms with E-state index in [9.17, 15) is 0 Å². The summed E-state index contributed by atoms with van der Waals surface area (Å²) in [4.78, 5) is 0. The minimum absolute atomic E-state index is 0. The SMILES string of the molecule is CCCCCCCCCCCCCCCCCCOCCCCCCCCCCCCCCCC.O=S(=O)(O)O.[H-].[Na+]. The van der Waals surface area contributed by atoms with Crippen molar-refractivity contribution in [1.82, 2.24) is 0 Å². The number of unbranched alkanes of at least 4 members (excludes halogenated alkanes) is 28. The molecule has 0 radical (unpaired) electrons. The minimum atomic E-state index is -4.67. The van der Waals surface area contributed by atoms with E-state index in [1.54, 1.807) is 0 Å². The molecule has 0 rings (SSSR count). The quantitative estimate of drug-likeness (QED) is 0.0447. The summed E-state index contributed by atoms with van der Waals surface area (Å²) in [5, 5.41) is 0. The van der Waals surface area contributed by atoms with Gasteiger partial charge in [0.1, 0.15) is 0 Å². The molecule has 0 fully saturated rings. The summed E-state index contributed by atoms with van der Waals surface area (Å²) in [5.41, 5.74) is 0. The first-order valence-corrected chi connectivity index (χ1v) is 19.1. The van der Waals surface area contributed by atoms with Crippen molar-refractivity contribution in [2.24, 2.45) is 0 Å². The maximum atomic E-state index is 8.74. The molecule has 7 heteroatoms. The zero-order valence-corrected chi connectivity index (χ0v) is 31.0. The summed E-state index contributed by atoms with van der Waals surface area (Å²) in [6.07, 6.45) is 43.0. The van der Waals surface area contributed by atoms with Gasteiger partial charge in [-0.2, -0.15) is 8.42 Å². The molecule has 2 N–H and O–H groups in total. The van der Waals surface area contributed by atoms with Crippen LogP contribution < -0.4 is 29.6 Å². The Labute approximate surface area is 281 Å². The largest absolute Gasteiger partial charge is 1.00 e. The second-order valence-corrected chi connectivity index (χ2v) is 12.9. The third-order valence-corrected chi connectivity index (χ3v) is 7.78. The summed E-state index contributed by atoms with van der Waals surface area (Å²) in [6, 6.07) is 0. The van der Waals surface area contributed by atoms with Crippen molar-refractivity contribution in [1.29, 1.82) is 0 Å². The molecule has 5 nitrogen and oxygen atoms in total. The van der Waals surface area contributed by atoms with E-state index in [1.807, 2.05) is 0 Å². The summed E-state index contributed by atoms with van der Waals surface area (Å²) < 4.78 is 37.4. The van der Waals surface area contributed by atoms with Gasteiger partial charge in [-0.3, -0.25) is 9.11 Å². The molecule has 0 unspecified atom stereocenters. The van der Waals surface area contributed by atoms with E-state index >= 15 is 0 Å². The average molecular weight is 617 g/mol. The molecular formula is C34H73NaO5S. The van der Waals surface area contributed by atoms with E-state index in [-0.39, 0.29) is 31.0 Å². The predicted molar refractivity (Wildman–Crippen MR) is 176 cm³/mol. The van der Waals surface area contributed by atoms with Crippen LogP contribution in [0.15, 0.2) is 0 Å². The van der Waals surface area contributed by atoms with Crippen LogP contribution in [0.5, 0.6) is 0 Å². The van der Waals surface area contributed by atoms with Crippen molar-refractivity contribution < 1.29 is 53.2 Å². The zero-order valence-electron chi connectivity index (χ0n) is 29.2. The standard InChI is InChI=1S/C34H70O.Na.H2O4S.H/c1-3-5-7-9-11-13-15-17-19-20-22-24-26-28-30-32-34-35-33-31-29-27-25-23-21-18-16-14-12-10-8-6-4-2;;1-5(2,3)4;/h3-34H2,1-2H3;;(H2,1,2,3,4);/q;+1;;-1. The maximum absolute atomic E-state index is 8.74. The third kappa shape index (κ3) is 57.1. The van der Waals surface area contributed by atoms with Gasteiger partial charge in [0.15, 0.2) is 0 Å². The fourth-order valence-corrected chi connectivity index (χ4v) is 5.25. The van der Waals surface area contributed by atoms with Gasteiger partial charge in [0, 0.05) is 13.2 Å². The Morgan fingerprint density at radius 2 is 0.537 bits per heavy atom. The first kappa shape index (κ1) is 46.3. The molecule has 0 aliphatic heterocycles. The van der Waals surface area contributed by atoms with Crippen LogP contribution in [0.2, 0.25) is 0 Å². The Kier molecular flexibility index (Phi) is 46.1. The van der Waals surface area contributed by atoms with E-state index in [1.165, 1.54) is 193 Å². The van der Waals surface area contributed by atoms with Crippen molar-refractivity contribution in [3.05, 3.63) is 0 Å². The Balaban J connectivity index is -0.000000943. The van der Waals surface area contributed by atoms with Crippen molar-refractivity contribution in [2.45, 2.75) is 206 Å². The van der Waals surface area contributed by atoms with E-state index in [2.05, 4.69) is 13.8 Å². The summed E-state index contributed by atoms with van der Waals surface area (Å²) >= 11 is 0. The van der Waals surface area contributed by atoms with Gasteiger partial charge < -0.3 is 6.16 Å². The van der Waals surface area contributed by atoms with Crippen LogP contribution in [0, 0.1) is 0 Å². The number of hydrogen-bond acceptors (Lipinski definition) is 3. The molecule has 0 saturated carbocycles. The van der Waals surface area contributed by atoms with Crippen molar-refractivity contribution in [3.8, 4) is 0 Å². The number of hydrogen-bond donors (Lipinski definition) is 2. The van der Waals surface area contributed by atoms with Gasteiger partial charge in [0.25, 0.3) is 0 Å². The molecule has 0 heterocycles. The van der Waals surface area contributed by atoms with Gasteiger partial charge in [-0.25, -0.2) is 0 Å². The Morgan fingerprint density at radius 1 is 0.390 bits per heavy atom. The molecule has 0 aromatic rings. The van der Waals surface area contributed by atoms with Gasteiger partial charge >= 0.3 is 40.0 Å². The van der Waals surface area contributed by atoms with Crippen molar-refractivity contribution >= 4 is 10.4 Å². The molecular weight excluding hydrogens is 543 g/mol. The van der Waals surface area contributed by atoms with Crippen LogP contribution in [-0.2, 0) is 15.1 Å². The Morgan fingerprint density at radius 3 is 0.707 bits per heavy atom. The fourth-order valence-electron chi connectivity index (χ4n) is 5.25. The minimum Gasteiger partial charge on any atom is -1.00 e. The smallest absolute Gasteiger partial charge is 1.00 e. The first-order valence-electron chi connectivity index (χ1n) is 17.7. The monoisotopic (exact) mass is 617 g/mol. The van der Waals surface area contributed by atoms with Crippen LogP contribution >= 0.6 is 0 Å². The van der Waals surface area contributed by atoms with Crippen LogP contribution in [0.1, 0.15) is 208 Å². The topological polar surface area (TPSA) is 83.8 Å². The van der Waals surface area contributed by atoms with E-state index < -0.39 is 10.4 Å². The number of rotatable bonds is 32. The summed E-state index contributed by atoms with van der Waals surface area (Å²) in [7, 11) is -4.67. The Bertz CT molecular complexity index is 512. The normalized spacial score (nSPS) is 11.2. The third-order valence-electron chi connectivity index (χ3n) is 7.78. The molecule has 0 spiro atoms. The Hall–Kier alpha value is 0.830. The summed E-state index contributed by atoms with van der Waals surface area (Å²) in [6.45, 7) is 6.60. The molecule has 41 heavy (non-hydrogen) atoms. The van der Waals surface area contributed by atoms with Crippen molar-refractivity contribution in [3.63, 3.8) is 0 Å². The van der Waals surface area contributed by atoms with Gasteiger partial charge in [0.2, 0.25) is 0 Å². The first-order chi connectivity index (χ1) is 19.4. The zero-order chi connectivity index (χ0) is 29.8. The van der Waals surface area contributed by atoms with Gasteiger partial charge in [-0.1, -0.05) is 194 Å². The fraction of sp³-hybridized carbons (Fsp3) is 1.00. The van der Waals surface area contributed by atoms with Crippen LogP contribution in [-0.4, -0.2) is 30.7 Å². The molecule has 0 amide bonds. The van der Waals surface area contributed by atoms with Gasteiger partial charge in [0.05, 0.1) is 0 Å². The molecule has 0 aliphatic carbocycles. The molecule has 0 aromatic heterocycles. The van der Waals surface area contributed by atoms with Crippen LogP contribution in [0.4, 0.5) is 0 Å². The summed E-state index contributed by atoms with van der Waals surface area (Å²) in [5.74, 6) is 0. The van der Waals surface area contributed by atoms with Gasteiger partial charge in [-0.05, 0) is 12.8 Å². The molecule has 0 saturated heterocycles. The molecule has 0 atom stereocenters. The van der Waals surface area contributed by atoms with E-state index in [0.29, 0.717) is 0 Å². The maximum Gasteiger partial charge on any atom is 1.00 e. The van der Waals surface area contributed by atoms with Gasteiger partial charge in [-0.15, -0.1) is 0 Å².